The minimum absolute atomic E-state index is 0.0251. The van der Waals surface area contributed by atoms with Crippen molar-refractivity contribution in [3.63, 3.8) is 0 Å². The van der Waals surface area contributed by atoms with Gasteiger partial charge < -0.3 is 9.47 Å². The van der Waals surface area contributed by atoms with E-state index in [9.17, 15) is 13.2 Å². The Morgan fingerprint density at radius 3 is 2.81 bits per heavy atom. The zero-order valence-electron chi connectivity index (χ0n) is 11.9. The van der Waals surface area contributed by atoms with Crippen LogP contribution in [-0.2, 0) is 19.5 Å². The Morgan fingerprint density at radius 1 is 1.38 bits per heavy atom. The molecule has 0 bridgehead atoms. The summed E-state index contributed by atoms with van der Waals surface area (Å²) in [4.78, 5) is 11.6. The van der Waals surface area contributed by atoms with Crippen LogP contribution < -0.4 is 4.72 Å². The summed E-state index contributed by atoms with van der Waals surface area (Å²) in [6.45, 7) is 0.864. The largest absolute Gasteiger partial charge is 0.465 e. The van der Waals surface area contributed by atoms with E-state index in [0.717, 1.165) is 19.3 Å². The molecule has 1 heterocycles. The second-order valence-corrected chi connectivity index (χ2v) is 6.56. The van der Waals surface area contributed by atoms with Gasteiger partial charge in [-0.05, 0) is 31.4 Å². The summed E-state index contributed by atoms with van der Waals surface area (Å²) in [7, 11) is -2.56. The van der Waals surface area contributed by atoms with E-state index in [1.807, 2.05) is 0 Å². The zero-order valence-corrected chi connectivity index (χ0v) is 12.7. The van der Waals surface area contributed by atoms with Gasteiger partial charge in [0.1, 0.15) is 0 Å². The SMILES string of the molecule is COC(=O)c1ccccc1S(=O)(=O)NCC1CCCCO1. The molecule has 1 N–H and O–H groups in total. The van der Waals surface area contributed by atoms with Gasteiger partial charge in [0.25, 0.3) is 0 Å². The normalized spacial score (nSPS) is 19.2. The van der Waals surface area contributed by atoms with Gasteiger partial charge in [0.05, 0.1) is 23.7 Å². The van der Waals surface area contributed by atoms with Crippen molar-refractivity contribution >= 4 is 16.0 Å². The number of carbonyl (C=O) groups excluding carboxylic acids is 1. The molecule has 0 aromatic heterocycles. The maximum absolute atomic E-state index is 12.3. The van der Waals surface area contributed by atoms with E-state index in [1.165, 1.54) is 19.2 Å². The quantitative estimate of drug-likeness (QED) is 0.829. The average molecular weight is 313 g/mol. The van der Waals surface area contributed by atoms with E-state index in [0.29, 0.717) is 6.61 Å². The monoisotopic (exact) mass is 313 g/mol. The molecule has 0 saturated carbocycles. The second-order valence-electron chi connectivity index (χ2n) is 4.83. The van der Waals surface area contributed by atoms with Gasteiger partial charge in [-0.15, -0.1) is 0 Å². The van der Waals surface area contributed by atoms with Gasteiger partial charge in [0.2, 0.25) is 10.0 Å². The Bertz CT molecular complexity index is 593. The van der Waals surface area contributed by atoms with E-state index in [2.05, 4.69) is 9.46 Å². The fourth-order valence-corrected chi connectivity index (χ4v) is 3.49. The molecule has 1 fully saturated rings. The third-order valence-corrected chi connectivity index (χ3v) is 4.84. The van der Waals surface area contributed by atoms with Crippen molar-refractivity contribution in [1.29, 1.82) is 0 Å². The Balaban J connectivity index is 2.13. The van der Waals surface area contributed by atoms with Crippen molar-refractivity contribution in [1.82, 2.24) is 4.72 Å². The van der Waals surface area contributed by atoms with Gasteiger partial charge >= 0.3 is 5.97 Å². The molecule has 0 spiro atoms. The number of nitrogens with one attached hydrogen (secondary N) is 1. The highest BCUT2D eigenvalue weighted by atomic mass is 32.2. The molecule has 0 amide bonds. The fraction of sp³-hybridized carbons (Fsp3) is 0.500. The third-order valence-electron chi connectivity index (χ3n) is 3.36. The van der Waals surface area contributed by atoms with Gasteiger partial charge in [-0.2, -0.15) is 0 Å². The second kappa shape index (κ2) is 7.02. The maximum atomic E-state index is 12.3. The number of hydrogen-bond acceptors (Lipinski definition) is 5. The van der Waals surface area contributed by atoms with Crippen molar-refractivity contribution in [3.05, 3.63) is 29.8 Å². The molecular formula is C14H19NO5S. The topological polar surface area (TPSA) is 81.7 Å². The molecule has 1 aliphatic heterocycles. The van der Waals surface area contributed by atoms with Gasteiger partial charge in [0, 0.05) is 13.2 Å². The Morgan fingerprint density at radius 2 is 2.14 bits per heavy atom. The van der Waals surface area contributed by atoms with Gasteiger partial charge in [-0.25, -0.2) is 17.9 Å². The Kier molecular flexibility index (Phi) is 5.33. The minimum atomic E-state index is -3.78. The number of benzene rings is 1. The molecule has 1 aromatic rings. The highest BCUT2D eigenvalue weighted by Gasteiger charge is 2.24. The smallest absolute Gasteiger partial charge is 0.339 e. The fourth-order valence-electron chi connectivity index (χ4n) is 2.23. The zero-order chi connectivity index (χ0) is 15.3. The lowest BCUT2D eigenvalue weighted by atomic mass is 10.1. The van der Waals surface area contributed by atoms with Crippen LogP contribution in [0.25, 0.3) is 0 Å². The van der Waals surface area contributed by atoms with Gasteiger partial charge in [-0.3, -0.25) is 0 Å². The molecule has 7 heteroatoms. The van der Waals surface area contributed by atoms with Gasteiger partial charge in [-0.1, -0.05) is 12.1 Å². The molecule has 1 aliphatic rings. The summed E-state index contributed by atoms with van der Waals surface area (Å²) in [6, 6.07) is 5.97. The number of esters is 1. The number of ether oxygens (including phenoxy) is 2. The predicted molar refractivity (Wildman–Crippen MR) is 76.6 cm³/mol. The lowest BCUT2D eigenvalue weighted by molar-refractivity contribution is 0.0200. The third kappa shape index (κ3) is 4.03. The average Bonchev–Trinajstić information content (AvgIpc) is 2.53. The first-order chi connectivity index (χ1) is 10.0. The number of carbonyl (C=O) groups is 1. The molecule has 21 heavy (non-hydrogen) atoms. The molecule has 6 nitrogen and oxygen atoms in total. The standard InChI is InChI=1S/C14H19NO5S/c1-19-14(16)12-7-2-3-8-13(12)21(17,18)15-10-11-6-4-5-9-20-11/h2-3,7-8,11,15H,4-6,9-10H2,1H3. The molecule has 1 atom stereocenters. The van der Waals surface area contributed by atoms with Crippen molar-refractivity contribution in [3.8, 4) is 0 Å². The summed E-state index contributed by atoms with van der Waals surface area (Å²) < 4.78 is 37.3. The van der Waals surface area contributed by atoms with Crippen molar-refractivity contribution < 1.29 is 22.7 Å². The van der Waals surface area contributed by atoms with Crippen LogP contribution in [0.5, 0.6) is 0 Å². The maximum Gasteiger partial charge on any atom is 0.339 e. The number of methoxy groups -OCH3 is 1. The van der Waals surface area contributed by atoms with E-state index in [-0.39, 0.29) is 23.1 Å². The first-order valence-corrected chi connectivity index (χ1v) is 8.31. The van der Waals surface area contributed by atoms with Crippen molar-refractivity contribution in [2.45, 2.75) is 30.3 Å². The molecule has 1 saturated heterocycles. The number of rotatable bonds is 5. The Hall–Kier alpha value is -1.44. The van der Waals surface area contributed by atoms with Crippen LogP contribution in [-0.4, -0.2) is 40.8 Å². The first-order valence-electron chi connectivity index (χ1n) is 6.83. The van der Waals surface area contributed by atoms with Crippen LogP contribution in [0.1, 0.15) is 29.6 Å². The summed E-state index contributed by atoms with van der Waals surface area (Å²) >= 11 is 0. The first kappa shape index (κ1) is 15.9. The molecule has 0 radical (unpaired) electrons. The summed E-state index contributed by atoms with van der Waals surface area (Å²) in [5, 5.41) is 0. The van der Waals surface area contributed by atoms with E-state index >= 15 is 0 Å². The summed E-state index contributed by atoms with van der Waals surface area (Å²) in [5.41, 5.74) is 0.0251. The van der Waals surface area contributed by atoms with Crippen molar-refractivity contribution in [2.24, 2.45) is 0 Å². The molecule has 2 rings (SSSR count). The molecule has 0 aliphatic carbocycles. The van der Waals surface area contributed by atoms with Crippen LogP contribution in [0, 0.1) is 0 Å². The molecule has 1 aromatic carbocycles. The van der Waals surface area contributed by atoms with E-state index < -0.39 is 16.0 Å². The van der Waals surface area contributed by atoms with Crippen LogP contribution in [0.3, 0.4) is 0 Å². The molecule has 116 valence electrons. The Labute approximate surface area is 124 Å². The van der Waals surface area contributed by atoms with Crippen LogP contribution in [0.15, 0.2) is 29.2 Å². The summed E-state index contributed by atoms with van der Waals surface area (Å²) in [6.07, 6.45) is 2.76. The highest BCUT2D eigenvalue weighted by Crippen LogP contribution is 2.17. The lowest BCUT2D eigenvalue weighted by Gasteiger charge is -2.22. The van der Waals surface area contributed by atoms with E-state index in [1.54, 1.807) is 12.1 Å². The van der Waals surface area contributed by atoms with Crippen LogP contribution >= 0.6 is 0 Å². The van der Waals surface area contributed by atoms with Gasteiger partial charge in [0.15, 0.2) is 0 Å². The summed E-state index contributed by atoms with van der Waals surface area (Å²) in [5.74, 6) is -0.676. The molecule has 1 unspecified atom stereocenters. The van der Waals surface area contributed by atoms with E-state index in [4.69, 9.17) is 4.74 Å². The number of sulfonamides is 1. The number of hydrogen-bond donors (Lipinski definition) is 1. The lowest BCUT2D eigenvalue weighted by Crippen LogP contribution is -2.36. The van der Waals surface area contributed by atoms with Crippen molar-refractivity contribution in [2.75, 3.05) is 20.3 Å². The van der Waals surface area contributed by atoms with Crippen LogP contribution in [0.2, 0.25) is 0 Å². The predicted octanol–water partition coefficient (Wildman–Crippen LogP) is 1.32. The minimum Gasteiger partial charge on any atom is -0.465 e. The van der Waals surface area contributed by atoms with Crippen LogP contribution in [0.4, 0.5) is 0 Å². The highest BCUT2D eigenvalue weighted by molar-refractivity contribution is 7.89. The molecular weight excluding hydrogens is 294 g/mol.